The number of fused-ring (bicyclic) bond motifs is 1. The largest absolute Gasteiger partial charge is 0.339 e. The number of hydrogen-bond acceptors (Lipinski definition) is 5. The molecule has 2 heterocycles. The molecule has 0 bridgehead atoms. The van der Waals surface area contributed by atoms with E-state index in [9.17, 15) is 0 Å². The van der Waals surface area contributed by atoms with Crippen molar-refractivity contribution in [3.05, 3.63) is 61.1 Å². The van der Waals surface area contributed by atoms with Gasteiger partial charge in [0.05, 0.1) is 17.2 Å². The van der Waals surface area contributed by atoms with Crippen molar-refractivity contribution >= 4 is 22.5 Å². The molecule has 4 aromatic rings. The summed E-state index contributed by atoms with van der Waals surface area (Å²) in [5.41, 5.74) is 3.61. The van der Waals surface area contributed by atoms with Crippen LogP contribution in [0.1, 0.15) is 0 Å². The number of anilines is 2. The molecule has 0 spiro atoms. The predicted molar refractivity (Wildman–Crippen MR) is 84.6 cm³/mol. The summed E-state index contributed by atoms with van der Waals surface area (Å²) in [5.74, 6) is 1.43. The van der Waals surface area contributed by atoms with Crippen molar-refractivity contribution in [1.29, 1.82) is 0 Å². The van der Waals surface area contributed by atoms with Gasteiger partial charge in [0.25, 0.3) is 0 Å². The van der Waals surface area contributed by atoms with E-state index in [4.69, 9.17) is 0 Å². The minimum atomic E-state index is 0.702. The molecule has 0 saturated carbocycles. The Balaban J connectivity index is 1.66. The van der Waals surface area contributed by atoms with Crippen LogP contribution in [0.2, 0.25) is 0 Å². The zero-order valence-electron chi connectivity index (χ0n) is 11.6. The third kappa shape index (κ3) is 2.37. The van der Waals surface area contributed by atoms with Gasteiger partial charge in [-0.3, -0.25) is 4.98 Å². The van der Waals surface area contributed by atoms with E-state index >= 15 is 0 Å². The fourth-order valence-corrected chi connectivity index (χ4v) is 2.26. The van der Waals surface area contributed by atoms with Crippen LogP contribution in [-0.2, 0) is 0 Å². The number of nitrogens with one attached hydrogen (secondary N) is 2. The van der Waals surface area contributed by atoms with E-state index < -0.39 is 0 Å². The zero-order chi connectivity index (χ0) is 14.8. The molecule has 2 N–H and O–H groups in total. The minimum Gasteiger partial charge on any atom is -0.339 e. The Morgan fingerprint density at radius 2 is 1.86 bits per heavy atom. The standard InChI is InChI=1S/C16H12N6/c1-2-7-14-13(6-1)17-9-15(21-14)20-12-5-3-4-11(8-12)16-18-10-19-22-16/h1-10H,(H,20,21)(H,18,19,22). The van der Waals surface area contributed by atoms with Gasteiger partial charge in [-0.1, -0.05) is 24.3 Å². The Labute approximate surface area is 126 Å². The summed E-state index contributed by atoms with van der Waals surface area (Å²) < 4.78 is 0. The van der Waals surface area contributed by atoms with Crippen molar-refractivity contribution in [1.82, 2.24) is 25.1 Å². The molecule has 0 radical (unpaired) electrons. The maximum Gasteiger partial charge on any atom is 0.161 e. The molecule has 0 aliphatic heterocycles. The molecular weight excluding hydrogens is 276 g/mol. The van der Waals surface area contributed by atoms with Crippen LogP contribution in [0, 0.1) is 0 Å². The molecule has 0 saturated heterocycles. The number of rotatable bonds is 3. The summed E-state index contributed by atoms with van der Waals surface area (Å²) in [7, 11) is 0. The smallest absolute Gasteiger partial charge is 0.161 e. The highest BCUT2D eigenvalue weighted by Gasteiger charge is 2.04. The average molecular weight is 288 g/mol. The van der Waals surface area contributed by atoms with Gasteiger partial charge in [-0.05, 0) is 24.3 Å². The average Bonchev–Trinajstić information content (AvgIpc) is 3.10. The molecule has 0 fully saturated rings. The first-order chi connectivity index (χ1) is 10.9. The molecule has 0 aliphatic rings. The van der Waals surface area contributed by atoms with Gasteiger partial charge in [-0.2, -0.15) is 0 Å². The van der Waals surface area contributed by atoms with Gasteiger partial charge in [-0.15, -0.1) is 10.2 Å². The van der Waals surface area contributed by atoms with Crippen molar-refractivity contribution in [3.63, 3.8) is 0 Å². The van der Waals surface area contributed by atoms with E-state index in [1.54, 1.807) is 12.5 Å². The van der Waals surface area contributed by atoms with Crippen LogP contribution in [-0.4, -0.2) is 25.1 Å². The highest BCUT2D eigenvalue weighted by Crippen LogP contribution is 2.21. The number of benzene rings is 2. The lowest BCUT2D eigenvalue weighted by molar-refractivity contribution is 1.10. The van der Waals surface area contributed by atoms with E-state index in [0.717, 1.165) is 28.1 Å². The molecule has 0 unspecified atom stereocenters. The SMILES string of the molecule is c1cc(Nc2cnc3ccccc3n2)cc(-c2nnc[nH]2)c1. The molecule has 2 aromatic heterocycles. The van der Waals surface area contributed by atoms with Crippen molar-refractivity contribution < 1.29 is 0 Å². The lowest BCUT2D eigenvalue weighted by Crippen LogP contribution is -1.95. The fraction of sp³-hybridized carbons (Fsp3) is 0. The van der Waals surface area contributed by atoms with Gasteiger partial charge in [0.1, 0.15) is 12.1 Å². The lowest BCUT2D eigenvalue weighted by Gasteiger charge is -2.07. The summed E-state index contributed by atoms with van der Waals surface area (Å²) in [4.78, 5) is 11.9. The van der Waals surface area contributed by atoms with Crippen molar-refractivity contribution in [2.24, 2.45) is 0 Å². The fourth-order valence-electron chi connectivity index (χ4n) is 2.26. The number of aromatic nitrogens is 5. The third-order valence-electron chi connectivity index (χ3n) is 3.27. The van der Waals surface area contributed by atoms with E-state index in [1.165, 1.54) is 0 Å². The Hall–Kier alpha value is -3.28. The topological polar surface area (TPSA) is 79.4 Å². The number of para-hydroxylation sites is 2. The van der Waals surface area contributed by atoms with Crippen LogP contribution in [0.15, 0.2) is 61.1 Å². The van der Waals surface area contributed by atoms with Crippen LogP contribution < -0.4 is 5.32 Å². The Kier molecular flexibility index (Phi) is 2.97. The molecule has 106 valence electrons. The summed E-state index contributed by atoms with van der Waals surface area (Å²) in [5, 5.41) is 11.1. The van der Waals surface area contributed by atoms with E-state index in [-0.39, 0.29) is 0 Å². The summed E-state index contributed by atoms with van der Waals surface area (Å²) in [6.07, 6.45) is 3.29. The Morgan fingerprint density at radius 3 is 2.73 bits per heavy atom. The maximum absolute atomic E-state index is 4.55. The normalized spacial score (nSPS) is 10.7. The van der Waals surface area contributed by atoms with Crippen LogP contribution in [0.4, 0.5) is 11.5 Å². The van der Waals surface area contributed by atoms with E-state index in [1.807, 2.05) is 48.5 Å². The van der Waals surface area contributed by atoms with Crippen LogP contribution in [0.3, 0.4) is 0 Å². The summed E-state index contributed by atoms with van der Waals surface area (Å²) in [6.45, 7) is 0. The second-order valence-corrected chi connectivity index (χ2v) is 4.79. The van der Waals surface area contributed by atoms with Crippen LogP contribution in [0.25, 0.3) is 22.4 Å². The van der Waals surface area contributed by atoms with Gasteiger partial charge in [0.2, 0.25) is 0 Å². The van der Waals surface area contributed by atoms with Crippen molar-refractivity contribution in [3.8, 4) is 11.4 Å². The van der Waals surface area contributed by atoms with Crippen molar-refractivity contribution in [2.75, 3.05) is 5.32 Å². The van der Waals surface area contributed by atoms with E-state index in [2.05, 4.69) is 30.5 Å². The first kappa shape index (κ1) is 12.5. The number of aromatic amines is 1. The Bertz CT molecular complexity index is 917. The minimum absolute atomic E-state index is 0.702. The highest BCUT2D eigenvalue weighted by atomic mass is 15.2. The molecule has 0 amide bonds. The number of H-pyrrole nitrogens is 1. The first-order valence-electron chi connectivity index (χ1n) is 6.84. The van der Waals surface area contributed by atoms with Gasteiger partial charge in [-0.25, -0.2) is 4.98 Å². The molecule has 2 aromatic carbocycles. The lowest BCUT2D eigenvalue weighted by atomic mass is 10.2. The van der Waals surface area contributed by atoms with Crippen LogP contribution >= 0.6 is 0 Å². The van der Waals surface area contributed by atoms with Gasteiger partial charge < -0.3 is 10.3 Å². The third-order valence-corrected chi connectivity index (χ3v) is 3.27. The molecule has 6 nitrogen and oxygen atoms in total. The number of hydrogen-bond donors (Lipinski definition) is 2. The highest BCUT2D eigenvalue weighted by molar-refractivity contribution is 5.76. The molecule has 4 rings (SSSR count). The summed E-state index contributed by atoms with van der Waals surface area (Å²) >= 11 is 0. The predicted octanol–water partition coefficient (Wildman–Crippen LogP) is 3.16. The second kappa shape index (κ2) is 5.25. The quantitative estimate of drug-likeness (QED) is 0.605. The molecule has 0 atom stereocenters. The van der Waals surface area contributed by atoms with Crippen molar-refractivity contribution in [2.45, 2.75) is 0 Å². The number of nitrogens with zero attached hydrogens (tertiary/aromatic N) is 4. The Morgan fingerprint density at radius 1 is 0.955 bits per heavy atom. The second-order valence-electron chi connectivity index (χ2n) is 4.79. The van der Waals surface area contributed by atoms with Gasteiger partial charge in [0.15, 0.2) is 5.82 Å². The molecule has 0 aliphatic carbocycles. The van der Waals surface area contributed by atoms with Gasteiger partial charge in [0, 0.05) is 11.3 Å². The molecular formula is C16H12N6. The maximum atomic E-state index is 4.55. The van der Waals surface area contributed by atoms with Crippen LogP contribution in [0.5, 0.6) is 0 Å². The molecule has 6 heteroatoms. The van der Waals surface area contributed by atoms with Gasteiger partial charge >= 0.3 is 0 Å². The summed E-state index contributed by atoms with van der Waals surface area (Å²) in [6, 6.07) is 15.7. The first-order valence-corrected chi connectivity index (χ1v) is 6.84. The monoisotopic (exact) mass is 288 g/mol. The zero-order valence-corrected chi connectivity index (χ0v) is 11.6. The van der Waals surface area contributed by atoms with E-state index in [0.29, 0.717) is 5.82 Å². The molecule has 22 heavy (non-hydrogen) atoms.